The molecule has 1 aliphatic heterocycles. The second-order valence-corrected chi connectivity index (χ2v) is 9.69. The van der Waals surface area contributed by atoms with E-state index in [2.05, 4.69) is 13.8 Å². The summed E-state index contributed by atoms with van der Waals surface area (Å²) in [5, 5.41) is 0.713. The summed E-state index contributed by atoms with van der Waals surface area (Å²) >= 11 is 12.8. The molecule has 1 aliphatic carbocycles. The molecule has 3 rings (SSSR count). The van der Waals surface area contributed by atoms with Crippen molar-refractivity contribution < 1.29 is 19.1 Å². The van der Waals surface area contributed by atoms with Gasteiger partial charge in [0.2, 0.25) is 0 Å². The first-order chi connectivity index (χ1) is 13.9. The van der Waals surface area contributed by atoms with Crippen LogP contribution in [0.4, 0.5) is 4.79 Å². The largest absolute Gasteiger partial charge is 0.513 e. The molecule has 1 aromatic rings. The van der Waals surface area contributed by atoms with Gasteiger partial charge < -0.3 is 14.4 Å². The van der Waals surface area contributed by atoms with E-state index >= 15 is 0 Å². The smallest absolute Gasteiger partial charge is 0.431 e. The molecule has 0 spiro atoms. The maximum absolute atomic E-state index is 13.3. The standard InChI is InChI=1S/C23H27Cl2NO4/c1-12(2)29-22(28)30-21-13(3)26(6)16-10-23(4,5)11-17(27)19(16)18(21)14-8-7-9-15(24)20(14)25/h7-9,12,18H,10-11H2,1-6H3. The first-order valence-electron chi connectivity index (χ1n) is 9.96. The van der Waals surface area contributed by atoms with Gasteiger partial charge in [-0.25, -0.2) is 4.79 Å². The van der Waals surface area contributed by atoms with Crippen molar-refractivity contribution >= 4 is 35.1 Å². The molecule has 30 heavy (non-hydrogen) atoms. The van der Waals surface area contributed by atoms with Crippen molar-refractivity contribution in [2.45, 2.75) is 59.5 Å². The Kier molecular flexibility index (Phi) is 6.26. The number of carbonyl (C=O) groups is 2. The monoisotopic (exact) mass is 451 g/mol. The van der Waals surface area contributed by atoms with Crippen molar-refractivity contribution in [3.63, 3.8) is 0 Å². The highest BCUT2D eigenvalue weighted by molar-refractivity contribution is 6.42. The van der Waals surface area contributed by atoms with Gasteiger partial charge in [0.15, 0.2) is 5.78 Å². The van der Waals surface area contributed by atoms with E-state index in [0.717, 1.165) is 17.8 Å². The Bertz CT molecular complexity index is 962. The summed E-state index contributed by atoms with van der Waals surface area (Å²) in [6.07, 6.45) is -0.0272. The predicted octanol–water partition coefficient (Wildman–Crippen LogP) is 6.46. The number of allylic oxidation sites excluding steroid dienone is 3. The molecule has 0 aromatic heterocycles. The molecule has 7 heteroatoms. The molecule has 1 heterocycles. The number of nitrogens with zero attached hydrogens (tertiary/aromatic N) is 1. The zero-order chi connectivity index (χ0) is 22.4. The number of ether oxygens (including phenoxy) is 2. The third-order valence-electron chi connectivity index (χ3n) is 5.53. The SMILES string of the molecule is CC1=C(OC(=O)OC(C)C)C(c2cccc(Cl)c2Cl)C2=C(CC(C)(C)CC2=O)N1C. The summed E-state index contributed by atoms with van der Waals surface area (Å²) in [7, 11) is 1.88. The number of hydrogen-bond donors (Lipinski definition) is 0. The van der Waals surface area contributed by atoms with Crippen molar-refractivity contribution in [1.29, 1.82) is 0 Å². The van der Waals surface area contributed by atoms with E-state index in [-0.39, 0.29) is 17.3 Å². The zero-order valence-electron chi connectivity index (χ0n) is 18.1. The van der Waals surface area contributed by atoms with E-state index < -0.39 is 12.1 Å². The van der Waals surface area contributed by atoms with Crippen LogP contribution in [0, 0.1) is 5.41 Å². The lowest BCUT2D eigenvalue weighted by Gasteiger charge is -2.43. The minimum atomic E-state index is -0.816. The molecule has 0 amide bonds. The molecular weight excluding hydrogens is 425 g/mol. The Morgan fingerprint density at radius 3 is 2.53 bits per heavy atom. The van der Waals surface area contributed by atoms with E-state index in [0.29, 0.717) is 33.4 Å². The molecule has 1 unspecified atom stereocenters. The van der Waals surface area contributed by atoms with Crippen LogP contribution in [0.3, 0.4) is 0 Å². The van der Waals surface area contributed by atoms with Gasteiger partial charge in [-0.1, -0.05) is 49.2 Å². The van der Waals surface area contributed by atoms with Crippen LogP contribution in [0.15, 0.2) is 40.9 Å². The first-order valence-corrected chi connectivity index (χ1v) is 10.7. The van der Waals surface area contributed by atoms with Crippen molar-refractivity contribution in [2.24, 2.45) is 5.41 Å². The van der Waals surface area contributed by atoms with Gasteiger partial charge in [-0.2, -0.15) is 0 Å². The number of benzene rings is 1. The zero-order valence-corrected chi connectivity index (χ0v) is 19.6. The van der Waals surface area contributed by atoms with Gasteiger partial charge in [0.05, 0.1) is 27.8 Å². The molecule has 0 bridgehead atoms. The average molecular weight is 452 g/mol. The lowest BCUT2D eigenvalue weighted by atomic mass is 9.69. The minimum Gasteiger partial charge on any atom is -0.431 e. The van der Waals surface area contributed by atoms with Gasteiger partial charge in [0, 0.05) is 24.7 Å². The topological polar surface area (TPSA) is 55.8 Å². The molecule has 0 N–H and O–H groups in total. The molecule has 1 atom stereocenters. The number of ketones is 1. The van der Waals surface area contributed by atoms with Crippen LogP contribution in [0.25, 0.3) is 0 Å². The number of hydrogen-bond acceptors (Lipinski definition) is 5. The molecule has 0 saturated heterocycles. The molecule has 0 radical (unpaired) electrons. The summed E-state index contributed by atoms with van der Waals surface area (Å²) in [5.41, 5.74) is 2.70. The van der Waals surface area contributed by atoms with Crippen LogP contribution in [0.1, 0.15) is 58.9 Å². The molecule has 2 aliphatic rings. The fraction of sp³-hybridized carbons (Fsp3) is 0.478. The highest BCUT2D eigenvalue weighted by Crippen LogP contribution is 2.51. The molecule has 162 valence electrons. The second-order valence-electron chi connectivity index (χ2n) is 8.90. The molecular formula is C23H27Cl2NO4. The Morgan fingerprint density at radius 1 is 1.23 bits per heavy atom. The van der Waals surface area contributed by atoms with Gasteiger partial charge in [-0.3, -0.25) is 4.79 Å². The fourth-order valence-corrected chi connectivity index (χ4v) is 4.53. The maximum Gasteiger partial charge on any atom is 0.513 e. The van der Waals surface area contributed by atoms with Gasteiger partial charge in [-0.15, -0.1) is 0 Å². The van der Waals surface area contributed by atoms with Gasteiger partial charge in [-0.05, 0) is 44.2 Å². The number of Topliss-reactive ketones (excluding diaryl/α,β-unsaturated/α-hetero) is 1. The van der Waals surface area contributed by atoms with Crippen LogP contribution in [-0.2, 0) is 14.3 Å². The Morgan fingerprint density at radius 2 is 1.90 bits per heavy atom. The summed E-state index contributed by atoms with van der Waals surface area (Å²) in [6.45, 7) is 9.51. The molecule has 1 aromatic carbocycles. The van der Waals surface area contributed by atoms with Gasteiger partial charge in [0.1, 0.15) is 5.76 Å². The van der Waals surface area contributed by atoms with Crippen LogP contribution < -0.4 is 0 Å². The van der Waals surface area contributed by atoms with Crippen LogP contribution in [-0.4, -0.2) is 30.0 Å². The summed E-state index contributed by atoms with van der Waals surface area (Å²) in [5.74, 6) is -0.287. The van der Waals surface area contributed by atoms with Crippen LogP contribution in [0.2, 0.25) is 10.0 Å². The maximum atomic E-state index is 13.3. The minimum absolute atomic E-state index is 0.0139. The van der Waals surface area contributed by atoms with E-state index in [1.807, 2.05) is 24.9 Å². The van der Waals surface area contributed by atoms with Crippen LogP contribution >= 0.6 is 23.2 Å². The highest BCUT2D eigenvalue weighted by Gasteiger charge is 2.45. The Labute approximate surface area is 187 Å². The van der Waals surface area contributed by atoms with Crippen molar-refractivity contribution in [1.82, 2.24) is 4.90 Å². The van der Waals surface area contributed by atoms with Crippen molar-refractivity contribution in [3.8, 4) is 0 Å². The molecule has 5 nitrogen and oxygen atoms in total. The third-order valence-corrected chi connectivity index (χ3v) is 6.36. The Hall–Kier alpha value is -1.98. The van der Waals surface area contributed by atoms with E-state index in [9.17, 15) is 9.59 Å². The number of carbonyl (C=O) groups excluding carboxylic acids is 2. The third kappa shape index (κ3) is 4.23. The van der Waals surface area contributed by atoms with E-state index in [1.54, 1.807) is 26.0 Å². The average Bonchev–Trinajstić information content (AvgIpc) is 2.62. The van der Waals surface area contributed by atoms with Crippen molar-refractivity contribution in [3.05, 3.63) is 56.5 Å². The summed E-state index contributed by atoms with van der Waals surface area (Å²) in [4.78, 5) is 27.7. The number of halogens is 2. The Balaban J connectivity index is 2.20. The first kappa shape index (κ1) is 22.7. The lowest BCUT2D eigenvalue weighted by molar-refractivity contribution is -0.118. The van der Waals surface area contributed by atoms with Gasteiger partial charge >= 0.3 is 6.16 Å². The number of rotatable bonds is 3. The van der Waals surface area contributed by atoms with Crippen LogP contribution in [0.5, 0.6) is 0 Å². The summed E-state index contributed by atoms with van der Waals surface area (Å²) < 4.78 is 10.9. The normalized spacial score (nSPS) is 21.2. The quantitative estimate of drug-likeness (QED) is 0.493. The molecule has 0 saturated carbocycles. The summed E-state index contributed by atoms with van der Waals surface area (Å²) in [6, 6.07) is 5.28. The van der Waals surface area contributed by atoms with E-state index in [4.69, 9.17) is 32.7 Å². The fourth-order valence-electron chi connectivity index (χ4n) is 4.12. The predicted molar refractivity (Wildman–Crippen MR) is 117 cm³/mol. The van der Waals surface area contributed by atoms with Crippen molar-refractivity contribution in [2.75, 3.05) is 7.05 Å². The highest BCUT2D eigenvalue weighted by atomic mass is 35.5. The second kappa shape index (κ2) is 8.27. The lowest BCUT2D eigenvalue weighted by Crippen LogP contribution is -2.38. The van der Waals surface area contributed by atoms with E-state index in [1.165, 1.54) is 0 Å². The van der Waals surface area contributed by atoms with Gasteiger partial charge in [0.25, 0.3) is 0 Å². The molecule has 0 fully saturated rings.